The number of amides is 1. The Balaban J connectivity index is 1.62. The summed E-state index contributed by atoms with van der Waals surface area (Å²) in [5.41, 5.74) is 3.29. The van der Waals surface area contributed by atoms with E-state index in [0.29, 0.717) is 0 Å². The lowest BCUT2D eigenvalue weighted by molar-refractivity contribution is 0.0627. The fraction of sp³-hybridized carbons (Fsp3) is 0.389. The largest absolute Gasteiger partial charge is 0.336 e. The average Bonchev–Trinajstić information content (AvgIpc) is 3.08. The van der Waals surface area contributed by atoms with Crippen molar-refractivity contribution >= 4 is 29.0 Å². The van der Waals surface area contributed by atoms with Gasteiger partial charge >= 0.3 is 0 Å². The Labute approximate surface area is 146 Å². The van der Waals surface area contributed by atoms with Crippen molar-refractivity contribution in [3.63, 3.8) is 0 Å². The van der Waals surface area contributed by atoms with Crippen LogP contribution in [0.15, 0.2) is 39.9 Å². The Kier molecular flexibility index (Phi) is 5.41. The normalized spacial score (nSPS) is 15.8. The molecule has 2 heterocycles. The van der Waals surface area contributed by atoms with E-state index in [1.54, 1.807) is 23.1 Å². The number of nitrogens with zero attached hydrogens (tertiary/aromatic N) is 2. The molecule has 1 aromatic heterocycles. The van der Waals surface area contributed by atoms with Gasteiger partial charge in [-0.15, -0.1) is 11.8 Å². The van der Waals surface area contributed by atoms with Gasteiger partial charge in [-0.25, -0.2) is 0 Å². The summed E-state index contributed by atoms with van der Waals surface area (Å²) in [7, 11) is 0. The summed E-state index contributed by atoms with van der Waals surface area (Å²) in [6, 6.07) is 8.33. The summed E-state index contributed by atoms with van der Waals surface area (Å²) in [6.45, 7) is 6.53. The molecule has 23 heavy (non-hydrogen) atoms. The first kappa shape index (κ1) is 16.6. The molecule has 0 saturated carbocycles. The van der Waals surface area contributed by atoms with Gasteiger partial charge in [0.25, 0.3) is 5.91 Å². The molecule has 3 nitrogen and oxygen atoms in total. The number of hydrogen-bond donors (Lipinski definition) is 0. The van der Waals surface area contributed by atoms with E-state index in [-0.39, 0.29) is 5.91 Å². The molecule has 1 aromatic carbocycles. The van der Waals surface area contributed by atoms with Crippen molar-refractivity contribution < 1.29 is 4.79 Å². The summed E-state index contributed by atoms with van der Waals surface area (Å²) < 4.78 is 0. The van der Waals surface area contributed by atoms with Gasteiger partial charge in [-0.05, 0) is 53.3 Å². The standard InChI is InChI=1S/C18H22N2OS2/c1-14-3-4-16(22-2)11-17(14)18(21)20-8-6-19(7-9-20)12-15-5-10-23-13-15/h3-5,10-11,13H,6-9,12H2,1-2H3. The molecular weight excluding hydrogens is 324 g/mol. The van der Waals surface area contributed by atoms with Crippen LogP contribution >= 0.6 is 23.1 Å². The van der Waals surface area contributed by atoms with Gasteiger partial charge in [0.05, 0.1) is 0 Å². The van der Waals surface area contributed by atoms with Gasteiger partial charge in [0, 0.05) is 43.2 Å². The van der Waals surface area contributed by atoms with Crippen molar-refractivity contribution in [2.24, 2.45) is 0 Å². The first-order chi connectivity index (χ1) is 11.2. The Morgan fingerprint density at radius 2 is 2.00 bits per heavy atom. The van der Waals surface area contributed by atoms with E-state index in [9.17, 15) is 4.79 Å². The summed E-state index contributed by atoms with van der Waals surface area (Å²) in [5, 5.41) is 4.32. The minimum Gasteiger partial charge on any atom is -0.336 e. The van der Waals surface area contributed by atoms with Crippen molar-refractivity contribution in [2.75, 3.05) is 32.4 Å². The number of hydrogen-bond acceptors (Lipinski definition) is 4. The maximum Gasteiger partial charge on any atom is 0.254 e. The third-order valence-corrected chi connectivity index (χ3v) is 5.78. The van der Waals surface area contributed by atoms with Crippen LogP contribution in [0.1, 0.15) is 21.5 Å². The predicted octanol–water partition coefficient (Wildman–Crippen LogP) is 3.74. The highest BCUT2D eigenvalue weighted by atomic mass is 32.2. The number of carbonyl (C=O) groups excluding carboxylic acids is 1. The van der Waals surface area contributed by atoms with Crippen LogP contribution in [0.25, 0.3) is 0 Å². The van der Waals surface area contributed by atoms with Crippen LogP contribution in [0.5, 0.6) is 0 Å². The second-order valence-corrected chi connectivity index (χ2v) is 7.54. The van der Waals surface area contributed by atoms with Crippen molar-refractivity contribution in [2.45, 2.75) is 18.4 Å². The molecule has 5 heteroatoms. The fourth-order valence-electron chi connectivity index (χ4n) is 2.88. The molecule has 0 aliphatic carbocycles. The maximum atomic E-state index is 12.8. The van der Waals surface area contributed by atoms with E-state index < -0.39 is 0 Å². The lowest BCUT2D eigenvalue weighted by Crippen LogP contribution is -2.48. The van der Waals surface area contributed by atoms with Gasteiger partial charge in [-0.3, -0.25) is 9.69 Å². The molecule has 0 radical (unpaired) electrons. The maximum absolute atomic E-state index is 12.8. The SMILES string of the molecule is CSc1ccc(C)c(C(=O)N2CCN(Cc3ccsc3)CC2)c1. The molecule has 1 fully saturated rings. The highest BCUT2D eigenvalue weighted by molar-refractivity contribution is 7.98. The van der Waals surface area contributed by atoms with E-state index in [1.165, 1.54) is 5.56 Å². The van der Waals surface area contributed by atoms with E-state index in [2.05, 4.69) is 27.8 Å². The van der Waals surface area contributed by atoms with Crippen molar-refractivity contribution in [3.05, 3.63) is 51.7 Å². The number of carbonyl (C=O) groups is 1. The molecule has 122 valence electrons. The number of thioether (sulfide) groups is 1. The molecule has 2 aromatic rings. The Morgan fingerprint density at radius 3 is 2.65 bits per heavy atom. The zero-order chi connectivity index (χ0) is 16.2. The van der Waals surface area contributed by atoms with E-state index in [4.69, 9.17) is 0 Å². The van der Waals surface area contributed by atoms with Crippen LogP contribution in [0, 0.1) is 6.92 Å². The fourth-order valence-corrected chi connectivity index (χ4v) is 3.98. The van der Waals surface area contributed by atoms with Crippen LogP contribution in [0.2, 0.25) is 0 Å². The summed E-state index contributed by atoms with van der Waals surface area (Å²) in [6.07, 6.45) is 2.04. The van der Waals surface area contributed by atoms with Gasteiger partial charge in [0.2, 0.25) is 0 Å². The molecule has 0 spiro atoms. The number of rotatable bonds is 4. The topological polar surface area (TPSA) is 23.6 Å². The summed E-state index contributed by atoms with van der Waals surface area (Å²) in [4.78, 5) is 18.4. The average molecular weight is 347 g/mol. The lowest BCUT2D eigenvalue weighted by Gasteiger charge is -2.35. The molecule has 0 bridgehead atoms. The van der Waals surface area contributed by atoms with Gasteiger partial charge in [-0.1, -0.05) is 6.07 Å². The lowest BCUT2D eigenvalue weighted by atomic mass is 10.1. The van der Waals surface area contributed by atoms with Crippen molar-refractivity contribution in [1.29, 1.82) is 0 Å². The molecule has 3 rings (SSSR count). The van der Waals surface area contributed by atoms with Crippen molar-refractivity contribution in [3.8, 4) is 0 Å². The predicted molar refractivity (Wildman–Crippen MR) is 98.5 cm³/mol. The van der Waals surface area contributed by atoms with E-state index in [1.807, 2.05) is 30.2 Å². The zero-order valence-electron chi connectivity index (χ0n) is 13.6. The van der Waals surface area contributed by atoms with E-state index in [0.717, 1.165) is 48.7 Å². The van der Waals surface area contributed by atoms with Crippen LogP contribution in [0.4, 0.5) is 0 Å². The quantitative estimate of drug-likeness (QED) is 0.788. The minimum absolute atomic E-state index is 0.175. The highest BCUT2D eigenvalue weighted by Crippen LogP contribution is 2.21. The Morgan fingerprint density at radius 1 is 1.22 bits per heavy atom. The molecule has 1 aliphatic heterocycles. The molecule has 0 atom stereocenters. The third-order valence-electron chi connectivity index (χ3n) is 4.32. The number of piperazine rings is 1. The van der Waals surface area contributed by atoms with Gasteiger partial charge in [0.1, 0.15) is 0 Å². The summed E-state index contributed by atoms with van der Waals surface area (Å²) >= 11 is 3.42. The van der Waals surface area contributed by atoms with Gasteiger partial charge in [-0.2, -0.15) is 11.3 Å². The molecule has 1 aliphatic rings. The van der Waals surface area contributed by atoms with Crippen LogP contribution in [-0.4, -0.2) is 48.1 Å². The minimum atomic E-state index is 0.175. The van der Waals surface area contributed by atoms with Gasteiger partial charge in [0.15, 0.2) is 0 Å². The number of thiophene rings is 1. The second kappa shape index (κ2) is 7.51. The molecule has 1 amide bonds. The number of aryl methyl sites for hydroxylation is 1. The summed E-state index contributed by atoms with van der Waals surface area (Å²) in [5.74, 6) is 0.175. The molecule has 1 saturated heterocycles. The van der Waals surface area contributed by atoms with Crippen LogP contribution in [-0.2, 0) is 6.54 Å². The first-order valence-electron chi connectivity index (χ1n) is 7.84. The third kappa shape index (κ3) is 3.97. The van der Waals surface area contributed by atoms with E-state index >= 15 is 0 Å². The smallest absolute Gasteiger partial charge is 0.254 e. The van der Waals surface area contributed by atoms with Gasteiger partial charge < -0.3 is 4.90 Å². The molecular formula is C18H22N2OS2. The molecule has 0 N–H and O–H groups in total. The molecule has 0 unspecified atom stereocenters. The Hall–Kier alpha value is -1.30. The second-order valence-electron chi connectivity index (χ2n) is 5.88. The first-order valence-corrected chi connectivity index (χ1v) is 10.0. The Bertz CT molecular complexity index is 662. The highest BCUT2D eigenvalue weighted by Gasteiger charge is 2.23. The monoisotopic (exact) mass is 346 g/mol. The zero-order valence-corrected chi connectivity index (χ0v) is 15.3. The number of benzene rings is 1. The van der Waals surface area contributed by atoms with Crippen LogP contribution < -0.4 is 0 Å². The van der Waals surface area contributed by atoms with Crippen LogP contribution in [0.3, 0.4) is 0 Å². The van der Waals surface area contributed by atoms with Crippen molar-refractivity contribution in [1.82, 2.24) is 9.80 Å².